The summed E-state index contributed by atoms with van der Waals surface area (Å²) >= 11 is 0. The first-order valence-corrected chi connectivity index (χ1v) is 5.51. The Morgan fingerprint density at radius 2 is 2.44 bits per heavy atom. The number of carbonyl (C=O) groups excluding carboxylic acids is 1. The van der Waals surface area contributed by atoms with E-state index in [-0.39, 0.29) is 11.9 Å². The normalized spacial score (nSPS) is 19.4. The van der Waals surface area contributed by atoms with Crippen LogP contribution in [0.3, 0.4) is 0 Å². The molecule has 2 heterocycles. The molecule has 1 saturated heterocycles. The van der Waals surface area contributed by atoms with Crippen molar-refractivity contribution in [3.63, 3.8) is 0 Å². The van der Waals surface area contributed by atoms with Gasteiger partial charge in [0.05, 0.1) is 18.8 Å². The van der Waals surface area contributed by atoms with Gasteiger partial charge in [-0.05, 0) is 6.07 Å². The van der Waals surface area contributed by atoms with Gasteiger partial charge in [-0.3, -0.25) is 14.9 Å². The lowest BCUT2D eigenvalue weighted by atomic mass is 10.3. The van der Waals surface area contributed by atoms with Crippen LogP contribution < -0.4 is 10.6 Å². The summed E-state index contributed by atoms with van der Waals surface area (Å²) in [5, 5.41) is 16.1. The number of nitrogens with zero attached hydrogens (tertiary/aromatic N) is 1. The highest BCUT2D eigenvalue weighted by Gasteiger charge is 2.19. The van der Waals surface area contributed by atoms with Crippen LogP contribution in [0.2, 0.25) is 0 Å². The summed E-state index contributed by atoms with van der Waals surface area (Å²) in [5.41, 5.74) is 0. The van der Waals surface area contributed by atoms with E-state index in [1.807, 2.05) is 0 Å². The Balaban J connectivity index is 1.84. The van der Waals surface area contributed by atoms with E-state index in [2.05, 4.69) is 10.6 Å². The van der Waals surface area contributed by atoms with Gasteiger partial charge in [0.25, 0.3) is 5.91 Å². The molecule has 1 aliphatic heterocycles. The molecule has 2 N–H and O–H groups in total. The number of nitro groups is 1. The van der Waals surface area contributed by atoms with Gasteiger partial charge in [-0.15, -0.1) is 0 Å². The number of hydrogen-bond acceptors (Lipinski definition) is 6. The van der Waals surface area contributed by atoms with Crippen LogP contribution in [0.25, 0.3) is 0 Å². The zero-order chi connectivity index (χ0) is 13.0. The smallest absolute Gasteiger partial charge is 0.395 e. The second kappa shape index (κ2) is 5.61. The highest BCUT2D eigenvalue weighted by Crippen LogP contribution is 2.15. The lowest BCUT2D eigenvalue weighted by Gasteiger charge is -2.23. The molecule has 8 heteroatoms. The number of hydrogen-bond donors (Lipinski definition) is 2. The molecule has 1 aromatic rings. The Kier molecular flexibility index (Phi) is 3.90. The molecule has 0 aliphatic carbocycles. The van der Waals surface area contributed by atoms with Gasteiger partial charge in [0.15, 0.2) is 5.76 Å². The van der Waals surface area contributed by atoms with Crippen LogP contribution in [0, 0.1) is 10.1 Å². The van der Waals surface area contributed by atoms with E-state index < -0.39 is 16.7 Å². The molecule has 18 heavy (non-hydrogen) atoms. The van der Waals surface area contributed by atoms with Crippen molar-refractivity contribution < 1.29 is 18.9 Å². The number of amides is 1. The summed E-state index contributed by atoms with van der Waals surface area (Å²) in [6.07, 6.45) is -0.0901. The van der Waals surface area contributed by atoms with Crippen molar-refractivity contribution in [2.24, 2.45) is 0 Å². The average Bonchev–Trinajstić information content (AvgIpc) is 2.87. The maximum Gasteiger partial charge on any atom is 0.433 e. The third-order valence-corrected chi connectivity index (χ3v) is 2.49. The zero-order valence-electron chi connectivity index (χ0n) is 9.55. The Morgan fingerprint density at radius 1 is 1.61 bits per heavy atom. The van der Waals surface area contributed by atoms with Crippen LogP contribution in [-0.2, 0) is 4.74 Å². The monoisotopic (exact) mass is 255 g/mol. The molecule has 1 amide bonds. The van der Waals surface area contributed by atoms with Gasteiger partial charge in [0.2, 0.25) is 0 Å². The van der Waals surface area contributed by atoms with E-state index in [1.165, 1.54) is 6.07 Å². The molecule has 8 nitrogen and oxygen atoms in total. The van der Waals surface area contributed by atoms with Gasteiger partial charge in [-0.2, -0.15) is 0 Å². The molecular formula is C10H13N3O5. The fourth-order valence-corrected chi connectivity index (χ4v) is 1.59. The van der Waals surface area contributed by atoms with Gasteiger partial charge in [-0.25, -0.2) is 0 Å². The second-order valence-electron chi connectivity index (χ2n) is 3.80. The van der Waals surface area contributed by atoms with Gasteiger partial charge in [0.1, 0.15) is 4.92 Å². The Hall–Kier alpha value is -1.93. The van der Waals surface area contributed by atoms with Crippen molar-refractivity contribution in [3.05, 3.63) is 28.0 Å². The predicted octanol–water partition coefficient (Wildman–Crippen LogP) is -0.0940. The van der Waals surface area contributed by atoms with Crippen LogP contribution in [0.1, 0.15) is 10.6 Å². The minimum atomic E-state index is -0.690. The van der Waals surface area contributed by atoms with Gasteiger partial charge >= 0.3 is 5.88 Å². The Bertz CT molecular complexity index is 438. The van der Waals surface area contributed by atoms with E-state index in [9.17, 15) is 14.9 Å². The molecule has 1 aromatic heterocycles. The molecule has 0 radical (unpaired) electrons. The minimum absolute atomic E-state index is 0.0783. The molecule has 98 valence electrons. The predicted molar refractivity (Wildman–Crippen MR) is 60.3 cm³/mol. The summed E-state index contributed by atoms with van der Waals surface area (Å²) in [6, 6.07) is 2.42. The minimum Gasteiger partial charge on any atom is -0.395 e. The number of carbonyl (C=O) groups is 1. The van der Waals surface area contributed by atoms with Crippen molar-refractivity contribution in [3.8, 4) is 0 Å². The fraction of sp³-hybridized carbons (Fsp3) is 0.500. The fourth-order valence-electron chi connectivity index (χ4n) is 1.59. The molecule has 2 rings (SSSR count). The van der Waals surface area contributed by atoms with Crippen molar-refractivity contribution in [2.75, 3.05) is 26.2 Å². The Morgan fingerprint density at radius 3 is 3.06 bits per heavy atom. The van der Waals surface area contributed by atoms with Crippen molar-refractivity contribution in [2.45, 2.75) is 6.10 Å². The molecule has 0 bridgehead atoms. The van der Waals surface area contributed by atoms with Gasteiger partial charge in [-0.1, -0.05) is 0 Å². The van der Waals surface area contributed by atoms with Crippen LogP contribution in [0.5, 0.6) is 0 Å². The third kappa shape index (κ3) is 3.05. The highest BCUT2D eigenvalue weighted by atomic mass is 16.6. The van der Waals surface area contributed by atoms with E-state index in [0.717, 1.165) is 12.6 Å². The molecule has 1 aliphatic rings. The zero-order valence-corrected chi connectivity index (χ0v) is 9.55. The van der Waals surface area contributed by atoms with Crippen LogP contribution in [0.15, 0.2) is 16.5 Å². The van der Waals surface area contributed by atoms with Gasteiger partial charge in [0, 0.05) is 19.6 Å². The van der Waals surface area contributed by atoms with Crippen molar-refractivity contribution in [1.29, 1.82) is 0 Å². The maximum absolute atomic E-state index is 11.6. The largest absolute Gasteiger partial charge is 0.433 e. The van der Waals surface area contributed by atoms with Crippen LogP contribution in [-0.4, -0.2) is 43.2 Å². The summed E-state index contributed by atoms with van der Waals surface area (Å²) < 4.78 is 10.2. The second-order valence-corrected chi connectivity index (χ2v) is 3.80. The summed E-state index contributed by atoms with van der Waals surface area (Å²) in [7, 11) is 0. The number of nitrogens with one attached hydrogen (secondary N) is 2. The first kappa shape index (κ1) is 12.5. The lowest BCUT2D eigenvalue weighted by Crippen LogP contribution is -2.45. The molecule has 1 fully saturated rings. The SMILES string of the molecule is O=C(NCC1CNCCO1)c1ccc([N+](=O)[O-])o1. The molecular weight excluding hydrogens is 242 g/mol. The standard InChI is InChI=1S/C10H13N3O5/c14-10(8-1-2-9(18-8)13(15)16)12-6-7-5-11-3-4-17-7/h1-2,7,11H,3-6H2,(H,12,14). The average molecular weight is 255 g/mol. The Labute approximate surface area is 102 Å². The number of furan rings is 1. The maximum atomic E-state index is 11.6. The lowest BCUT2D eigenvalue weighted by molar-refractivity contribution is -0.402. The number of morpholine rings is 1. The molecule has 1 atom stereocenters. The third-order valence-electron chi connectivity index (χ3n) is 2.49. The topological polar surface area (TPSA) is 107 Å². The summed E-state index contributed by atoms with van der Waals surface area (Å²) in [4.78, 5) is 21.3. The molecule has 0 aromatic carbocycles. The highest BCUT2D eigenvalue weighted by molar-refractivity contribution is 5.91. The molecule has 1 unspecified atom stereocenters. The van der Waals surface area contributed by atoms with E-state index in [1.54, 1.807) is 0 Å². The van der Waals surface area contributed by atoms with Crippen LogP contribution >= 0.6 is 0 Å². The van der Waals surface area contributed by atoms with E-state index in [0.29, 0.717) is 19.7 Å². The quantitative estimate of drug-likeness (QED) is 0.575. The van der Waals surface area contributed by atoms with Crippen molar-refractivity contribution >= 4 is 11.8 Å². The molecule has 0 saturated carbocycles. The van der Waals surface area contributed by atoms with Gasteiger partial charge < -0.3 is 19.8 Å². The first-order chi connectivity index (χ1) is 8.66. The number of ether oxygens (including phenoxy) is 1. The van der Waals surface area contributed by atoms with E-state index >= 15 is 0 Å². The molecule has 0 spiro atoms. The van der Waals surface area contributed by atoms with E-state index in [4.69, 9.17) is 9.15 Å². The number of rotatable bonds is 4. The van der Waals surface area contributed by atoms with Crippen LogP contribution in [0.4, 0.5) is 5.88 Å². The summed E-state index contributed by atoms with van der Waals surface area (Å²) in [5.74, 6) is -1.02. The first-order valence-electron chi connectivity index (χ1n) is 5.51. The summed E-state index contributed by atoms with van der Waals surface area (Å²) in [6.45, 7) is 2.40. The van der Waals surface area contributed by atoms with Crippen molar-refractivity contribution in [1.82, 2.24) is 10.6 Å².